The molecule has 17 heavy (non-hydrogen) atoms. The van der Waals surface area contributed by atoms with Crippen LogP contribution in [0, 0.1) is 11.3 Å². The van der Waals surface area contributed by atoms with Crippen LogP contribution in [0.4, 0.5) is 0 Å². The fourth-order valence-electron chi connectivity index (χ4n) is 1.96. The number of hydrogen-bond acceptors (Lipinski definition) is 3. The Morgan fingerprint density at radius 1 is 1.47 bits per heavy atom. The predicted octanol–water partition coefficient (Wildman–Crippen LogP) is 1.54. The summed E-state index contributed by atoms with van der Waals surface area (Å²) in [5.41, 5.74) is 6.68. The van der Waals surface area contributed by atoms with Crippen LogP contribution in [0.5, 0.6) is 0 Å². The molecule has 86 valence electrons. The fourth-order valence-corrected chi connectivity index (χ4v) is 1.96. The third kappa shape index (κ3) is 1.81. The third-order valence-corrected chi connectivity index (χ3v) is 2.82. The molecule has 0 bridgehead atoms. The van der Waals surface area contributed by atoms with Gasteiger partial charge in [-0.15, -0.1) is 0 Å². The van der Waals surface area contributed by atoms with E-state index in [0.29, 0.717) is 12.1 Å². The maximum Gasteiger partial charge on any atom is 0.256 e. The van der Waals surface area contributed by atoms with Gasteiger partial charge < -0.3 is 10.3 Å². The summed E-state index contributed by atoms with van der Waals surface area (Å²) in [7, 11) is 0. The summed E-state index contributed by atoms with van der Waals surface area (Å²) < 4.78 is 1.64. The molecule has 0 radical (unpaired) electrons. The number of nitrogens with two attached hydrogens (primary N) is 1. The van der Waals surface area contributed by atoms with Crippen molar-refractivity contribution in [2.75, 3.05) is 0 Å². The van der Waals surface area contributed by atoms with E-state index < -0.39 is 6.04 Å². The van der Waals surface area contributed by atoms with E-state index in [2.05, 4.69) is 0 Å². The minimum Gasteiger partial charge on any atom is -0.312 e. The average Bonchev–Trinajstić information content (AvgIpc) is 2.37. The Morgan fingerprint density at radius 2 is 2.18 bits per heavy atom. The molecule has 1 unspecified atom stereocenters. The summed E-state index contributed by atoms with van der Waals surface area (Å²) in [6.07, 6.45) is 0. The molecule has 2 aromatic rings. The smallest absolute Gasteiger partial charge is 0.256 e. The van der Waals surface area contributed by atoms with E-state index in [9.17, 15) is 4.79 Å². The molecule has 1 aromatic carbocycles. The first-order valence-electron chi connectivity index (χ1n) is 5.46. The number of fused-ring (bicyclic) bond motifs is 1. The highest BCUT2D eigenvalue weighted by Gasteiger charge is 2.13. The number of nitriles is 1. The van der Waals surface area contributed by atoms with Gasteiger partial charge in [-0.2, -0.15) is 5.26 Å². The van der Waals surface area contributed by atoms with Gasteiger partial charge in [-0.3, -0.25) is 4.79 Å². The summed E-state index contributed by atoms with van der Waals surface area (Å²) >= 11 is 0. The van der Waals surface area contributed by atoms with Crippen molar-refractivity contribution in [3.8, 4) is 6.07 Å². The van der Waals surface area contributed by atoms with Crippen molar-refractivity contribution in [2.24, 2.45) is 5.73 Å². The molecule has 0 aliphatic carbocycles. The molecular formula is C13H13N3O. The maximum atomic E-state index is 12.1. The van der Waals surface area contributed by atoms with Crippen LogP contribution in [0.1, 0.15) is 18.5 Å². The second-order valence-corrected chi connectivity index (χ2v) is 3.81. The van der Waals surface area contributed by atoms with Crippen LogP contribution in [-0.4, -0.2) is 4.57 Å². The number of aryl methyl sites for hydroxylation is 1. The molecule has 1 atom stereocenters. The zero-order valence-electron chi connectivity index (χ0n) is 9.55. The molecule has 0 aliphatic rings. The Labute approximate surface area is 98.9 Å². The molecule has 2 rings (SSSR count). The molecule has 0 amide bonds. The highest BCUT2D eigenvalue weighted by atomic mass is 16.1. The molecule has 0 saturated carbocycles. The number of aromatic nitrogens is 1. The summed E-state index contributed by atoms with van der Waals surface area (Å²) in [6, 6.07) is 10.3. The molecule has 0 saturated heterocycles. The van der Waals surface area contributed by atoms with Crippen LogP contribution in [-0.2, 0) is 6.54 Å². The second-order valence-electron chi connectivity index (χ2n) is 3.81. The topological polar surface area (TPSA) is 71.8 Å². The minimum atomic E-state index is -0.870. The largest absolute Gasteiger partial charge is 0.312 e. The molecule has 1 aromatic heterocycles. The number of benzene rings is 1. The zero-order valence-corrected chi connectivity index (χ0v) is 9.55. The number of pyridine rings is 1. The normalized spacial score (nSPS) is 12.3. The Hall–Kier alpha value is -2.12. The Morgan fingerprint density at radius 3 is 2.82 bits per heavy atom. The van der Waals surface area contributed by atoms with Gasteiger partial charge in [0.05, 0.1) is 11.6 Å². The lowest BCUT2D eigenvalue weighted by molar-refractivity contribution is 0.737. The standard InChI is InChI=1S/C13H13N3O/c1-2-16-12-6-4-3-5-9(12)7-10(13(16)17)11(15)8-14/h3-7,11H,2,15H2,1H3. The van der Waals surface area contributed by atoms with Crippen molar-refractivity contribution < 1.29 is 0 Å². The van der Waals surface area contributed by atoms with Gasteiger partial charge in [-0.05, 0) is 24.4 Å². The van der Waals surface area contributed by atoms with Crippen LogP contribution < -0.4 is 11.3 Å². The summed E-state index contributed by atoms with van der Waals surface area (Å²) in [6.45, 7) is 2.46. The first kappa shape index (κ1) is 11.4. The van der Waals surface area contributed by atoms with Crippen LogP contribution in [0.25, 0.3) is 10.9 Å². The van der Waals surface area contributed by atoms with E-state index in [-0.39, 0.29) is 5.56 Å². The van der Waals surface area contributed by atoms with Crippen LogP contribution in [0.3, 0.4) is 0 Å². The van der Waals surface area contributed by atoms with E-state index in [4.69, 9.17) is 11.0 Å². The van der Waals surface area contributed by atoms with Crippen LogP contribution in [0.2, 0.25) is 0 Å². The molecule has 1 heterocycles. The lowest BCUT2D eigenvalue weighted by Crippen LogP contribution is -2.27. The van der Waals surface area contributed by atoms with E-state index in [1.165, 1.54) is 0 Å². The summed E-state index contributed by atoms with van der Waals surface area (Å²) in [5.74, 6) is 0. The zero-order chi connectivity index (χ0) is 12.4. The Balaban J connectivity index is 2.86. The Kier molecular flexibility index (Phi) is 2.94. The predicted molar refractivity (Wildman–Crippen MR) is 66.4 cm³/mol. The van der Waals surface area contributed by atoms with E-state index in [1.807, 2.05) is 37.3 Å². The van der Waals surface area contributed by atoms with Crippen molar-refractivity contribution >= 4 is 10.9 Å². The number of rotatable bonds is 2. The van der Waals surface area contributed by atoms with Gasteiger partial charge in [-0.25, -0.2) is 0 Å². The number of nitrogens with zero attached hydrogens (tertiary/aromatic N) is 2. The number of hydrogen-bond donors (Lipinski definition) is 1. The monoisotopic (exact) mass is 227 g/mol. The lowest BCUT2D eigenvalue weighted by atomic mass is 10.1. The van der Waals surface area contributed by atoms with Gasteiger partial charge in [0.15, 0.2) is 0 Å². The van der Waals surface area contributed by atoms with Crippen molar-refractivity contribution in [2.45, 2.75) is 19.5 Å². The quantitative estimate of drug-likeness (QED) is 0.845. The van der Waals surface area contributed by atoms with Crippen molar-refractivity contribution in [1.29, 1.82) is 5.26 Å². The van der Waals surface area contributed by atoms with Gasteiger partial charge in [0.25, 0.3) is 5.56 Å². The van der Waals surface area contributed by atoms with Crippen LogP contribution >= 0.6 is 0 Å². The SMILES string of the molecule is CCn1c(=O)c(C(N)C#N)cc2ccccc21. The van der Waals surface area contributed by atoms with Gasteiger partial charge in [-0.1, -0.05) is 18.2 Å². The van der Waals surface area contributed by atoms with E-state index in [0.717, 1.165) is 10.9 Å². The lowest BCUT2D eigenvalue weighted by Gasteiger charge is -2.11. The highest BCUT2D eigenvalue weighted by molar-refractivity contribution is 5.79. The molecule has 0 spiro atoms. The first-order chi connectivity index (χ1) is 8.19. The van der Waals surface area contributed by atoms with E-state index in [1.54, 1.807) is 10.6 Å². The van der Waals surface area contributed by atoms with Crippen molar-refractivity contribution in [1.82, 2.24) is 4.57 Å². The molecular weight excluding hydrogens is 214 g/mol. The van der Waals surface area contributed by atoms with Gasteiger partial charge >= 0.3 is 0 Å². The maximum absolute atomic E-state index is 12.1. The molecule has 0 aliphatic heterocycles. The highest BCUT2D eigenvalue weighted by Crippen LogP contribution is 2.15. The molecule has 0 fully saturated rings. The molecule has 2 N–H and O–H groups in total. The van der Waals surface area contributed by atoms with E-state index >= 15 is 0 Å². The summed E-state index contributed by atoms with van der Waals surface area (Å²) in [5, 5.41) is 9.75. The number of para-hydroxylation sites is 1. The Bertz CT molecular complexity index is 652. The first-order valence-corrected chi connectivity index (χ1v) is 5.46. The fraction of sp³-hybridized carbons (Fsp3) is 0.231. The van der Waals surface area contributed by atoms with Crippen LogP contribution in [0.15, 0.2) is 35.1 Å². The van der Waals surface area contributed by atoms with Gasteiger partial charge in [0, 0.05) is 12.1 Å². The van der Waals surface area contributed by atoms with Crippen molar-refractivity contribution in [3.63, 3.8) is 0 Å². The second kappa shape index (κ2) is 4.40. The van der Waals surface area contributed by atoms with Crippen molar-refractivity contribution in [3.05, 3.63) is 46.2 Å². The van der Waals surface area contributed by atoms with Gasteiger partial charge in [0.1, 0.15) is 6.04 Å². The average molecular weight is 227 g/mol. The molecule has 4 nitrogen and oxygen atoms in total. The minimum absolute atomic E-state index is 0.180. The molecule has 4 heteroatoms. The third-order valence-electron chi connectivity index (χ3n) is 2.82. The van der Waals surface area contributed by atoms with Gasteiger partial charge in [0.2, 0.25) is 0 Å². The summed E-state index contributed by atoms with van der Waals surface area (Å²) in [4.78, 5) is 12.1.